The fraction of sp³-hybridized carbons (Fsp3) is 0.400. The number of nitrogens with zero attached hydrogens (tertiary/aromatic N) is 2. The van der Waals surface area contributed by atoms with Crippen LogP contribution in [0.3, 0.4) is 0 Å². The molecule has 1 aromatic rings. The minimum absolute atomic E-state index is 0.161. The average molecular weight is 353 g/mol. The summed E-state index contributed by atoms with van der Waals surface area (Å²) in [5, 5.41) is 9.65. The van der Waals surface area contributed by atoms with Crippen molar-refractivity contribution in [3.8, 4) is 6.07 Å². The second kappa shape index (κ2) is 7.12. The molecular weight excluding hydrogens is 330 g/mol. The number of ether oxygens (including phenoxy) is 2. The summed E-state index contributed by atoms with van der Waals surface area (Å²) in [7, 11) is 0. The van der Waals surface area contributed by atoms with E-state index in [0.29, 0.717) is 18.7 Å². The van der Waals surface area contributed by atoms with Crippen LogP contribution in [-0.2, 0) is 9.47 Å². The quantitative estimate of drug-likeness (QED) is 0.890. The Kier molecular flexibility index (Phi) is 4.90. The van der Waals surface area contributed by atoms with Gasteiger partial charge in [-0.15, -0.1) is 0 Å². The molecule has 0 radical (unpaired) electrons. The van der Waals surface area contributed by atoms with Gasteiger partial charge in [-0.2, -0.15) is 5.26 Å². The van der Waals surface area contributed by atoms with Crippen molar-refractivity contribution < 1.29 is 14.3 Å². The maximum Gasteiger partial charge on any atom is 0.414 e. The SMILES string of the molecule is CCC(C)C1=C(C)OC(N)=C(C#N)C1c1ccc(N2CCOC2=O)cc1. The van der Waals surface area contributed by atoms with Gasteiger partial charge in [-0.05, 0) is 42.5 Å². The summed E-state index contributed by atoms with van der Waals surface area (Å²) in [6.07, 6.45) is 0.602. The number of anilines is 1. The van der Waals surface area contributed by atoms with Crippen LogP contribution < -0.4 is 10.6 Å². The fourth-order valence-corrected chi connectivity index (χ4v) is 3.57. The summed E-state index contributed by atoms with van der Waals surface area (Å²) in [6.45, 7) is 7.07. The molecular formula is C20H23N3O3. The van der Waals surface area contributed by atoms with Gasteiger partial charge in [0.2, 0.25) is 5.88 Å². The highest BCUT2D eigenvalue weighted by Gasteiger charge is 2.33. The van der Waals surface area contributed by atoms with Crippen LogP contribution in [0.1, 0.15) is 38.7 Å². The van der Waals surface area contributed by atoms with Gasteiger partial charge in [0.25, 0.3) is 0 Å². The molecule has 1 saturated heterocycles. The van der Waals surface area contributed by atoms with Crippen LogP contribution in [0, 0.1) is 17.2 Å². The minimum atomic E-state index is -0.332. The van der Waals surface area contributed by atoms with E-state index in [-0.39, 0.29) is 23.8 Å². The smallest absolute Gasteiger partial charge is 0.414 e. The largest absolute Gasteiger partial charge is 0.447 e. The Morgan fingerprint density at radius 1 is 1.38 bits per heavy atom. The van der Waals surface area contributed by atoms with Crippen molar-refractivity contribution >= 4 is 11.8 Å². The predicted molar refractivity (Wildman–Crippen MR) is 97.9 cm³/mol. The second-order valence-corrected chi connectivity index (χ2v) is 6.60. The van der Waals surface area contributed by atoms with E-state index in [2.05, 4.69) is 19.9 Å². The Hall–Kier alpha value is -2.94. The Morgan fingerprint density at radius 2 is 2.08 bits per heavy atom. The van der Waals surface area contributed by atoms with Crippen LogP contribution in [0.5, 0.6) is 0 Å². The van der Waals surface area contributed by atoms with Crippen LogP contribution in [0.4, 0.5) is 10.5 Å². The summed E-state index contributed by atoms with van der Waals surface area (Å²) in [5.74, 6) is 0.940. The number of hydrogen-bond acceptors (Lipinski definition) is 5. The summed E-state index contributed by atoms with van der Waals surface area (Å²) in [4.78, 5) is 13.3. The highest BCUT2D eigenvalue weighted by atomic mass is 16.6. The molecule has 136 valence electrons. The zero-order valence-electron chi connectivity index (χ0n) is 15.3. The Bertz CT molecular complexity index is 818. The number of amides is 1. The standard InChI is InChI=1S/C20H23N3O3/c1-4-12(2)17-13(3)26-19(22)16(11-21)18(17)14-5-7-15(8-6-14)23-9-10-25-20(23)24/h5-8,12,18H,4,9-10,22H2,1-3H3. The maximum atomic E-state index is 11.7. The molecule has 2 unspecified atom stereocenters. The molecule has 6 heteroatoms. The van der Waals surface area contributed by atoms with E-state index in [1.807, 2.05) is 31.2 Å². The van der Waals surface area contributed by atoms with Gasteiger partial charge in [0.15, 0.2) is 0 Å². The number of nitrogens with two attached hydrogens (primary N) is 1. The molecule has 0 spiro atoms. The number of benzene rings is 1. The highest BCUT2D eigenvalue weighted by Crippen LogP contribution is 2.43. The zero-order chi connectivity index (χ0) is 18.8. The van der Waals surface area contributed by atoms with Crippen molar-refractivity contribution in [1.29, 1.82) is 5.26 Å². The van der Waals surface area contributed by atoms with Crippen molar-refractivity contribution in [1.82, 2.24) is 0 Å². The molecule has 0 saturated carbocycles. The molecule has 0 aromatic heterocycles. The molecule has 1 amide bonds. The lowest BCUT2D eigenvalue weighted by Gasteiger charge is -2.31. The third-order valence-electron chi connectivity index (χ3n) is 5.10. The van der Waals surface area contributed by atoms with Crippen molar-refractivity contribution in [2.45, 2.75) is 33.1 Å². The number of nitriles is 1. The van der Waals surface area contributed by atoms with Crippen molar-refractivity contribution in [3.05, 3.63) is 52.6 Å². The topological polar surface area (TPSA) is 88.6 Å². The normalized spacial score (nSPS) is 21.4. The van der Waals surface area contributed by atoms with Gasteiger partial charge in [-0.1, -0.05) is 26.0 Å². The van der Waals surface area contributed by atoms with E-state index in [1.165, 1.54) is 0 Å². The third-order valence-corrected chi connectivity index (χ3v) is 5.10. The molecule has 2 N–H and O–H groups in total. The highest BCUT2D eigenvalue weighted by molar-refractivity contribution is 5.89. The first kappa shape index (κ1) is 17.9. The molecule has 2 atom stereocenters. The summed E-state index contributed by atoms with van der Waals surface area (Å²) >= 11 is 0. The number of hydrogen-bond donors (Lipinski definition) is 1. The van der Waals surface area contributed by atoms with Crippen LogP contribution in [0.15, 0.2) is 47.1 Å². The molecule has 3 rings (SSSR count). The van der Waals surface area contributed by atoms with E-state index >= 15 is 0 Å². The zero-order valence-corrected chi connectivity index (χ0v) is 15.3. The lowest BCUT2D eigenvalue weighted by molar-refractivity contribution is 0.181. The minimum Gasteiger partial charge on any atom is -0.447 e. The van der Waals surface area contributed by atoms with Gasteiger partial charge in [-0.25, -0.2) is 4.79 Å². The fourth-order valence-electron chi connectivity index (χ4n) is 3.57. The van der Waals surface area contributed by atoms with Crippen molar-refractivity contribution in [2.24, 2.45) is 11.7 Å². The van der Waals surface area contributed by atoms with Gasteiger partial charge < -0.3 is 15.2 Å². The van der Waals surface area contributed by atoms with Gasteiger partial charge >= 0.3 is 6.09 Å². The number of carbonyl (C=O) groups is 1. The van der Waals surface area contributed by atoms with E-state index in [1.54, 1.807) is 4.90 Å². The summed E-state index contributed by atoms with van der Waals surface area (Å²) < 4.78 is 10.6. The molecule has 1 aromatic carbocycles. The number of cyclic esters (lactones) is 1. The first-order valence-corrected chi connectivity index (χ1v) is 8.80. The number of carbonyl (C=O) groups excluding carboxylic acids is 1. The molecule has 6 nitrogen and oxygen atoms in total. The predicted octanol–water partition coefficient (Wildman–Crippen LogP) is 3.77. The van der Waals surface area contributed by atoms with Crippen LogP contribution in [0.2, 0.25) is 0 Å². The monoisotopic (exact) mass is 353 g/mol. The number of rotatable bonds is 4. The first-order chi connectivity index (χ1) is 12.5. The van der Waals surface area contributed by atoms with Gasteiger partial charge in [0.05, 0.1) is 6.54 Å². The van der Waals surface area contributed by atoms with E-state index in [4.69, 9.17) is 15.2 Å². The van der Waals surface area contributed by atoms with Crippen molar-refractivity contribution in [3.63, 3.8) is 0 Å². The molecule has 2 aliphatic rings. The van der Waals surface area contributed by atoms with Crippen LogP contribution >= 0.6 is 0 Å². The van der Waals surface area contributed by atoms with Gasteiger partial charge in [0, 0.05) is 11.6 Å². The Morgan fingerprint density at radius 3 is 2.62 bits per heavy atom. The van der Waals surface area contributed by atoms with Gasteiger partial charge in [0.1, 0.15) is 24.0 Å². The molecule has 2 aliphatic heterocycles. The molecule has 1 fully saturated rings. The maximum absolute atomic E-state index is 11.7. The number of allylic oxidation sites excluding steroid dienone is 3. The van der Waals surface area contributed by atoms with E-state index in [0.717, 1.165) is 29.0 Å². The van der Waals surface area contributed by atoms with Crippen molar-refractivity contribution in [2.75, 3.05) is 18.1 Å². The lowest BCUT2D eigenvalue weighted by Crippen LogP contribution is -2.24. The Balaban J connectivity index is 2.01. The molecule has 26 heavy (non-hydrogen) atoms. The third kappa shape index (κ3) is 3.01. The van der Waals surface area contributed by atoms with Gasteiger partial charge in [-0.3, -0.25) is 4.90 Å². The first-order valence-electron chi connectivity index (χ1n) is 8.80. The van der Waals surface area contributed by atoms with E-state index in [9.17, 15) is 10.1 Å². The van der Waals surface area contributed by atoms with Crippen LogP contribution in [-0.4, -0.2) is 19.2 Å². The average Bonchev–Trinajstić information content (AvgIpc) is 3.06. The van der Waals surface area contributed by atoms with E-state index < -0.39 is 0 Å². The summed E-state index contributed by atoms with van der Waals surface area (Å²) in [6, 6.07) is 9.86. The molecule has 0 aliphatic carbocycles. The summed E-state index contributed by atoms with van der Waals surface area (Å²) in [5.41, 5.74) is 9.24. The molecule has 0 bridgehead atoms. The second-order valence-electron chi connectivity index (χ2n) is 6.60. The Labute approximate surface area is 153 Å². The van der Waals surface area contributed by atoms with Crippen LogP contribution in [0.25, 0.3) is 0 Å². The molecule has 2 heterocycles. The lowest BCUT2D eigenvalue weighted by atomic mass is 9.77.